The number of hydrogen-bond acceptors (Lipinski definition) is 8. The molecule has 1 aromatic heterocycles. The van der Waals surface area contributed by atoms with E-state index in [0.29, 0.717) is 13.0 Å². The Morgan fingerprint density at radius 3 is 2.15 bits per heavy atom. The van der Waals surface area contributed by atoms with Crippen molar-refractivity contribution < 1.29 is 25.5 Å². The topological polar surface area (TPSA) is 144 Å². The number of nitrogens with zero attached hydrogens (tertiary/aromatic N) is 3. The molecular formula is C18H34N4O5. The van der Waals surface area contributed by atoms with Gasteiger partial charge < -0.3 is 30.8 Å². The average molecular weight is 386 g/mol. The molecule has 2 rings (SSSR count). The van der Waals surface area contributed by atoms with E-state index in [1.807, 2.05) is 10.9 Å². The highest BCUT2D eigenvalue weighted by Gasteiger charge is 2.47. The molecule has 0 amide bonds. The molecule has 9 heteroatoms. The Labute approximate surface area is 160 Å². The van der Waals surface area contributed by atoms with Crippen LogP contribution in [0.25, 0.3) is 0 Å². The van der Waals surface area contributed by atoms with Crippen molar-refractivity contribution in [3.05, 3.63) is 11.9 Å². The second-order valence-electron chi connectivity index (χ2n) is 7.42. The molecule has 0 spiro atoms. The molecule has 0 saturated heterocycles. The first kappa shape index (κ1) is 22.2. The maximum atomic E-state index is 10.00. The molecule has 0 aromatic carbocycles. The van der Waals surface area contributed by atoms with Gasteiger partial charge in [0.2, 0.25) is 0 Å². The molecule has 6 N–H and O–H groups in total. The second kappa shape index (κ2) is 11.0. The van der Waals surface area contributed by atoms with Crippen LogP contribution in [-0.2, 0) is 13.0 Å². The molecule has 0 bridgehead atoms. The summed E-state index contributed by atoms with van der Waals surface area (Å²) in [4.78, 5) is 0. The Morgan fingerprint density at radius 2 is 1.48 bits per heavy atom. The first-order chi connectivity index (χ1) is 13.0. The number of nitrogens with one attached hydrogen (secondary N) is 1. The van der Waals surface area contributed by atoms with E-state index < -0.39 is 36.6 Å². The average Bonchev–Trinajstić information content (AvgIpc) is 3.11. The summed E-state index contributed by atoms with van der Waals surface area (Å²) < 4.78 is 1.82. The molecule has 1 heterocycles. The molecule has 1 aliphatic carbocycles. The van der Waals surface area contributed by atoms with Crippen LogP contribution in [0.15, 0.2) is 6.20 Å². The van der Waals surface area contributed by atoms with E-state index in [4.69, 9.17) is 0 Å². The van der Waals surface area contributed by atoms with Crippen molar-refractivity contribution in [1.29, 1.82) is 0 Å². The minimum Gasteiger partial charge on any atom is -0.389 e. The molecule has 1 aromatic rings. The molecule has 1 fully saturated rings. The third-order valence-corrected chi connectivity index (χ3v) is 5.22. The van der Waals surface area contributed by atoms with Crippen molar-refractivity contribution in [1.82, 2.24) is 20.3 Å². The van der Waals surface area contributed by atoms with Crippen molar-refractivity contribution in [2.75, 3.05) is 6.54 Å². The van der Waals surface area contributed by atoms with Crippen LogP contribution in [0.2, 0.25) is 0 Å². The fourth-order valence-electron chi connectivity index (χ4n) is 3.46. The van der Waals surface area contributed by atoms with Crippen LogP contribution in [0.3, 0.4) is 0 Å². The summed E-state index contributed by atoms with van der Waals surface area (Å²) in [6, 6.07) is -0.934. The number of rotatable bonds is 11. The lowest BCUT2D eigenvalue weighted by Gasteiger charge is -2.42. The van der Waals surface area contributed by atoms with Crippen molar-refractivity contribution in [3.63, 3.8) is 0 Å². The highest BCUT2D eigenvalue weighted by molar-refractivity contribution is 5.02. The lowest BCUT2D eigenvalue weighted by molar-refractivity contribution is -0.190. The summed E-state index contributed by atoms with van der Waals surface area (Å²) in [5, 5.41) is 60.2. The van der Waals surface area contributed by atoms with E-state index in [2.05, 4.69) is 22.6 Å². The molecule has 4 unspecified atom stereocenters. The maximum absolute atomic E-state index is 10.00. The lowest BCUT2D eigenvalue weighted by Crippen LogP contribution is -2.67. The van der Waals surface area contributed by atoms with E-state index in [-0.39, 0.29) is 0 Å². The molecule has 0 radical (unpaired) electrons. The quantitative estimate of drug-likeness (QED) is 0.265. The molecule has 1 saturated carbocycles. The van der Waals surface area contributed by atoms with Crippen molar-refractivity contribution in [2.45, 2.75) is 95.0 Å². The Balaban J connectivity index is 1.70. The predicted octanol–water partition coefficient (Wildman–Crippen LogP) is -1.04. The third-order valence-electron chi connectivity index (χ3n) is 5.22. The number of aliphatic hydroxyl groups is 5. The number of aryl methyl sites for hydroxylation is 1. The first-order valence-corrected chi connectivity index (χ1v) is 9.98. The summed E-state index contributed by atoms with van der Waals surface area (Å²) in [7, 11) is 0. The molecule has 9 nitrogen and oxygen atoms in total. The maximum Gasteiger partial charge on any atom is 0.111 e. The predicted molar refractivity (Wildman–Crippen MR) is 98.9 cm³/mol. The number of hydrogen-bond donors (Lipinski definition) is 6. The second-order valence-corrected chi connectivity index (χ2v) is 7.42. The summed E-state index contributed by atoms with van der Waals surface area (Å²) in [5.74, 6) is 0. The molecule has 4 atom stereocenters. The van der Waals surface area contributed by atoms with Gasteiger partial charge in [-0.15, -0.1) is 5.10 Å². The van der Waals surface area contributed by atoms with Gasteiger partial charge in [0.05, 0.1) is 11.7 Å². The van der Waals surface area contributed by atoms with Crippen LogP contribution in [0, 0.1) is 0 Å². The van der Waals surface area contributed by atoms with Crippen molar-refractivity contribution in [2.24, 2.45) is 0 Å². The van der Waals surface area contributed by atoms with Gasteiger partial charge in [-0.25, -0.2) is 0 Å². The Kier molecular flexibility index (Phi) is 9.07. The van der Waals surface area contributed by atoms with E-state index in [9.17, 15) is 25.5 Å². The van der Waals surface area contributed by atoms with Crippen LogP contribution in [0.5, 0.6) is 0 Å². The van der Waals surface area contributed by atoms with Gasteiger partial charge in [-0.2, -0.15) is 0 Å². The van der Waals surface area contributed by atoms with Gasteiger partial charge in [0.25, 0.3) is 0 Å². The van der Waals surface area contributed by atoms with E-state index in [1.54, 1.807) is 0 Å². The molecule has 1 aliphatic rings. The highest BCUT2D eigenvalue weighted by Crippen LogP contribution is 2.21. The number of aromatic nitrogens is 3. The molecule has 156 valence electrons. The minimum atomic E-state index is -1.57. The Morgan fingerprint density at radius 1 is 0.889 bits per heavy atom. The van der Waals surface area contributed by atoms with Gasteiger partial charge >= 0.3 is 0 Å². The summed E-state index contributed by atoms with van der Waals surface area (Å²) >= 11 is 0. The van der Waals surface area contributed by atoms with E-state index >= 15 is 0 Å². The summed E-state index contributed by atoms with van der Waals surface area (Å²) in [6.45, 7) is 3.42. The first-order valence-electron chi connectivity index (χ1n) is 9.98. The van der Waals surface area contributed by atoms with Gasteiger partial charge in [-0.1, -0.05) is 44.2 Å². The smallest absolute Gasteiger partial charge is 0.111 e. The molecule has 0 aliphatic heterocycles. The van der Waals surface area contributed by atoms with Gasteiger partial charge in [-0.05, 0) is 6.42 Å². The zero-order chi connectivity index (χ0) is 19.8. The van der Waals surface area contributed by atoms with Gasteiger partial charge in [0, 0.05) is 25.7 Å². The SMILES string of the molecule is CCCCCCCCn1cc(CCNC2C(O)C(O)C(O)C(O)C2O)nn1. The van der Waals surface area contributed by atoms with Crippen molar-refractivity contribution in [3.8, 4) is 0 Å². The van der Waals surface area contributed by atoms with Crippen LogP contribution < -0.4 is 5.32 Å². The van der Waals surface area contributed by atoms with Gasteiger partial charge in [-0.3, -0.25) is 4.68 Å². The van der Waals surface area contributed by atoms with Gasteiger partial charge in [0.1, 0.15) is 30.5 Å². The summed E-state index contributed by atoms with van der Waals surface area (Å²) in [5.41, 5.74) is 0.786. The van der Waals surface area contributed by atoms with E-state index in [1.165, 1.54) is 32.1 Å². The van der Waals surface area contributed by atoms with Crippen LogP contribution in [0.4, 0.5) is 0 Å². The monoisotopic (exact) mass is 386 g/mol. The van der Waals surface area contributed by atoms with Crippen LogP contribution >= 0.6 is 0 Å². The van der Waals surface area contributed by atoms with Crippen LogP contribution in [0.1, 0.15) is 51.1 Å². The normalized spacial score (nSPS) is 31.3. The third kappa shape index (κ3) is 6.20. The zero-order valence-electron chi connectivity index (χ0n) is 16.0. The molecule has 27 heavy (non-hydrogen) atoms. The highest BCUT2D eigenvalue weighted by atomic mass is 16.4. The van der Waals surface area contributed by atoms with E-state index in [0.717, 1.165) is 18.7 Å². The van der Waals surface area contributed by atoms with Crippen molar-refractivity contribution >= 4 is 0 Å². The lowest BCUT2D eigenvalue weighted by atomic mass is 9.83. The fraction of sp³-hybridized carbons (Fsp3) is 0.889. The minimum absolute atomic E-state index is 0.379. The Bertz CT molecular complexity index is 528. The number of aliphatic hydroxyl groups excluding tert-OH is 5. The Hall–Kier alpha value is -1.10. The molecular weight excluding hydrogens is 352 g/mol. The number of unbranched alkanes of at least 4 members (excludes halogenated alkanes) is 5. The van der Waals surface area contributed by atoms with Gasteiger partial charge in [0.15, 0.2) is 0 Å². The fourth-order valence-corrected chi connectivity index (χ4v) is 3.46. The standard InChI is InChI=1S/C18H34N4O5/c1-2-3-4-5-6-7-10-22-11-12(20-21-22)8-9-19-13-14(23)16(25)18(27)17(26)15(13)24/h11,13-19,23-27H,2-10H2,1H3. The summed E-state index contributed by atoms with van der Waals surface area (Å²) in [6.07, 6.45) is 2.38. The van der Waals surface area contributed by atoms with Crippen LogP contribution in [-0.4, -0.2) is 83.6 Å². The zero-order valence-corrected chi connectivity index (χ0v) is 16.0. The largest absolute Gasteiger partial charge is 0.389 e.